The molecule has 24 heavy (non-hydrogen) atoms. The highest BCUT2D eigenvalue weighted by Gasteiger charge is 2.09. The Morgan fingerprint density at radius 2 is 1.75 bits per heavy atom. The van der Waals surface area contributed by atoms with E-state index in [1.165, 1.54) is 11.8 Å². The summed E-state index contributed by atoms with van der Waals surface area (Å²) in [5.74, 6) is -0.0180. The van der Waals surface area contributed by atoms with Gasteiger partial charge in [0.05, 0.1) is 17.8 Å². The molecule has 2 aromatic carbocycles. The predicted molar refractivity (Wildman–Crippen MR) is 96.2 cm³/mol. The number of ketones is 1. The third kappa shape index (κ3) is 4.00. The van der Waals surface area contributed by atoms with E-state index in [1.807, 2.05) is 36.4 Å². The van der Waals surface area contributed by atoms with Gasteiger partial charge in [0.25, 0.3) is 0 Å². The quantitative estimate of drug-likeness (QED) is 0.554. The normalized spacial score (nSPS) is 10.5. The molecule has 0 bridgehead atoms. The standard InChI is InChI=1S/C19H16N2O2S/c22-16(14-6-2-1-3-7-14)12-21-18(23)13-24-17-10-4-8-15-9-5-11-20-19(15)17/h1-11H,12-13H2,(H,21,23). The van der Waals surface area contributed by atoms with Crippen LogP contribution in [0.3, 0.4) is 0 Å². The number of carbonyl (C=O) groups is 2. The lowest BCUT2D eigenvalue weighted by Crippen LogP contribution is -2.30. The Kier molecular flexibility index (Phi) is 5.23. The molecular weight excluding hydrogens is 320 g/mol. The Hall–Kier alpha value is -2.66. The van der Waals surface area contributed by atoms with Crippen LogP contribution in [0.25, 0.3) is 10.9 Å². The number of pyridine rings is 1. The van der Waals surface area contributed by atoms with E-state index in [9.17, 15) is 9.59 Å². The zero-order chi connectivity index (χ0) is 16.8. The third-order valence-electron chi connectivity index (χ3n) is 3.50. The lowest BCUT2D eigenvalue weighted by atomic mass is 10.1. The van der Waals surface area contributed by atoms with Gasteiger partial charge in [0.1, 0.15) is 0 Å². The van der Waals surface area contributed by atoms with E-state index >= 15 is 0 Å². The number of amides is 1. The molecule has 0 saturated heterocycles. The van der Waals surface area contributed by atoms with Crippen molar-refractivity contribution >= 4 is 34.4 Å². The molecule has 5 heteroatoms. The number of Topliss-reactive ketones (excluding diaryl/α,β-unsaturated/α-hetero) is 1. The van der Waals surface area contributed by atoms with Crippen LogP contribution in [0, 0.1) is 0 Å². The summed E-state index contributed by atoms with van der Waals surface area (Å²) in [6.07, 6.45) is 1.74. The van der Waals surface area contributed by atoms with Crippen LogP contribution in [-0.4, -0.2) is 29.0 Å². The lowest BCUT2D eigenvalue weighted by molar-refractivity contribution is -0.118. The van der Waals surface area contributed by atoms with Gasteiger partial charge < -0.3 is 5.32 Å². The Bertz CT molecular complexity index is 860. The van der Waals surface area contributed by atoms with Crippen molar-refractivity contribution in [3.63, 3.8) is 0 Å². The molecular formula is C19H16N2O2S. The number of hydrogen-bond donors (Lipinski definition) is 1. The monoisotopic (exact) mass is 336 g/mol. The Morgan fingerprint density at radius 1 is 0.958 bits per heavy atom. The van der Waals surface area contributed by atoms with Crippen LogP contribution in [0.5, 0.6) is 0 Å². The van der Waals surface area contributed by atoms with Gasteiger partial charge in [0.2, 0.25) is 5.91 Å². The average Bonchev–Trinajstić information content (AvgIpc) is 2.65. The molecule has 4 nitrogen and oxygen atoms in total. The Balaban J connectivity index is 1.55. The number of para-hydroxylation sites is 1. The average molecular weight is 336 g/mol. The third-order valence-corrected chi connectivity index (χ3v) is 4.54. The molecule has 0 aliphatic heterocycles. The molecule has 0 atom stereocenters. The minimum atomic E-state index is -0.169. The van der Waals surface area contributed by atoms with E-state index in [0.717, 1.165) is 15.8 Å². The van der Waals surface area contributed by atoms with Crippen LogP contribution >= 0.6 is 11.8 Å². The molecule has 0 saturated carbocycles. The first-order valence-electron chi connectivity index (χ1n) is 7.55. The van der Waals surface area contributed by atoms with E-state index < -0.39 is 0 Å². The SMILES string of the molecule is O=C(CSc1cccc2cccnc12)NCC(=O)c1ccccc1. The van der Waals surface area contributed by atoms with E-state index in [0.29, 0.717) is 5.56 Å². The molecule has 0 radical (unpaired) electrons. The van der Waals surface area contributed by atoms with Crippen molar-refractivity contribution in [3.8, 4) is 0 Å². The molecule has 0 fully saturated rings. The van der Waals surface area contributed by atoms with Crippen LogP contribution in [0.15, 0.2) is 71.8 Å². The number of aromatic nitrogens is 1. The highest BCUT2D eigenvalue weighted by atomic mass is 32.2. The number of hydrogen-bond acceptors (Lipinski definition) is 4. The van der Waals surface area contributed by atoms with Crippen molar-refractivity contribution in [1.29, 1.82) is 0 Å². The van der Waals surface area contributed by atoms with Crippen LogP contribution in [0.2, 0.25) is 0 Å². The largest absolute Gasteiger partial charge is 0.348 e. The predicted octanol–water partition coefficient (Wildman–Crippen LogP) is 3.33. The number of rotatable bonds is 6. The number of benzene rings is 2. The summed E-state index contributed by atoms with van der Waals surface area (Å²) < 4.78 is 0. The summed E-state index contributed by atoms with van der Waals surface area (Å²) in [6, 6.07) is 18.7. The van der Waals surface area contributed by atoms with Gasteiger partial charge in [0.15, 0.2) is 5.78 Å². The van der Waals surface area contributed by atoms with E-state index in [4.69, 9.17) is 0 Å². The van der Waals surface area contributed by atoms with E-state index in [1.54, 1.807) is 30.5 Å². The zero-order valence-electron chi connectivity index (χ0n) is 12.9. The first kappa shape index (κ1) is 16.2. The van der Waals surface area contributed by atoms with Crippen LogP contribution < -0.4 is 5.32 Å². The smallest absolute Gasteiger partial charge is 0.230 e. The number of carbonyl (C=O) groups excluding carboxylic acids is 2. The van der Waals surface area contributed by atoms with Crippen molar-refractivity contribution < 1.29 is 9.59 Å². The van der Waals surface area contributed by atoms with Gasteiger partial charge in [0, 0.05) is 22.0 Å². The van der Waals surface area contributed by atoms with Crippen molar-refractivity contribution in [2.75, 3.05) is 12.3 Å². The van der Waals surface area contributed by atoms with Crippen molar-refractivity contribution in [3.05, 3.63) is 72.4 Å². The minimum Gasteiger partial charge on any atom is -0.348 e. The molecule has 1 aromatic heterocycles. The second kappa shape index (κ2) is 7.75. The molecule has 0 unspecified atom stereocenters. The van der Waals surface area contributed by atoms with Crippen molar-refractivity contribution in [2.24, 2.45) is 0 Å². The maximum Gasteiger partial charge on any atom is 0.230 e. The van der Waals surface area contributed by atoms with Crippen molar-refractivity contribution in [1.82, 2.24) is 10.3 Å². The fourth-order valence-electron chi connectivity index (χ4n) is 2.29. The van der Waals surface area contributed by atoms with Gasteiger partial charge in [-0.05, 0) is 12.1 Å². The van der Waals surface area contributed by atoms with Crippen LogP contribution in [-0.2, 0) is 4.79 Å². The number of nitrogens with zero attached hydrogens (tertiary/aromatic N) is 1. The van der Waals surface area contributed by atoms with Gasteiger partial charge in [-0.3, -0.25) is 14.6 Å². The lowest BCUT2D eigenvalue weighted by Gasteiger charge is -2.06. The highest BCUT2D eigenvalue weighted by Crippen LogP contribution is 2.25. The maximum atomic E-state index is 12.0. The Labute approximate surface area is 144 Å². The summed E-state index contributed by atoms with van der Waals surface area (Å²) in [6.45, 7) is 0.0111. The van der Waals surface area contributed by atoms with Gasteiger partial charge in [-0.1, -0.05) is 48.5 Å². The first-order chi connectivity index (χ1) is 11.7. The van der Waals surface area contributed by atoms with E-state index in [2.05, 4.69) is 10.3 Å². The summed E-state index contributed by atoms with van der Waals surface area (Å²) in [5, 5.41) is 3.71. The van der Waals surface area contributed by atoms with Crippen LogP contribution in [0.4, 0.5) is 0 Å². The minimum absolute atomic E-state index is 0.0111. The Morgan fingerprint density at radius 3 is 2.58 bits per heavy atom. The molecule has 120 valence electrons. The van der Waals surface area contributed by atoms with Gasteiger partial charge >= 0.3 is 0 Å². The topological polar surface area (TPSA) is 59.1 Å². The molecule has 1 amide bonds. The first-order valence-corrected chi connectivity index (χ1v) is 8.54. The van der Waals surface area contributed by atoms with Gasteiger partial charge in [-0.15, -0.1) is 11.8 Å². The fourth-order valence-corrected chi connectivity index (χ4v) is 3.16. The van der Waals surface area contributed by atoms with Crippen LogP contribution in [0.1, 0.15) is 10.4 Å². The maximum absolute atomic E-state index is 12.0. The molecule has 3 aromatic rings. The number of nitrogens with one attached hydrogen (secondary N) is 1. The molecule has 0 aliphatic carbocycles. The van der Waals surface area contributed by atoms with Crippen molar-refractivity contribution in [2.45, 2.75) is 4.90 Å². The number of thioether (sulfide) groups is 1. The molecule has 1 heterocycles. The second-order valence-electron chi connectivity index (χ2n) is 5.19. The fraction of sp³-hybridized carbons (Fsp3) is 0.105. The summed E-state index contributed by atoms with van der Waals surface area (Å²) in [7, 11) is 0. The summed E-state index contributed by atoms with van der Waals surface area (Å²) in [4.78, 5) is 29.3. The molecule has 0 aliphatic rings. The zero-order valence-corrected chi connectivity index (χ0v) is 13.8. The second-order valence-corrected chi connectivity index (χ2v) is 6.20. The van der Waals surface area contributed by atoms with Gasteiger partial charge in [-0.2, -0.15) is 0 Å². The highest BCUT2D eigenvalue weighted by molar-refractivity contribution is 8.00. The number of fused-ring (bicyclic) bond motifs is 1. The summed E-state index contributed by atoms with van der Waals surface area (Å²) >= 11 is 1.42. The molecule has 0 spiro atoms. The van der Waals surface area contributed by atoms with Gasteiger partial charge in [-0.25, -0.2) is 0 Å². The molecule has 1 N–H and O–H groups in total. The summed E-state index contributed by atoms with van der Waals surface area (Å²) in [5.41, 5.74) is 1.49. The van der Waals surface area contributed by atoms with E-state index in [-0.39, 0.29) is 24.0 Å². The molecule has 3 rings (SSSR count).